The molecule has 1 amide bonds. The summed E-state index contributed by atoms with van der Waals surface area (Å²) in [5.74, 6) is 0.434. The van der Waals surface area contributed by atoms with Crippen LogP contribution in [-0.4, -0.2) is 17.1 Å². The van der Waals surface area contributed by atoms with Crippen molar-refractivity contribution in [1.82, 2.24) is 10.4 Å². The van der Waals surface area contributed by atoms with E-state index in [2.05, 4.69) is 55.8 Å². The molecule has 0 saturated carbocycles. The lowest BCUT2D eigenvalue weighted by atomic mass is 10.1. The van der Waals surface area contributed by atoms with Crippen molar-refractivity contribution in [2.75, 3.05) is 5.32 Å². The Morgan fingerprint density at radius 3 is 2.54 bits per heavy atom. The molecule has 0 unspecified atom stereocenters. The number of halogens is 1. The number of hydrogen-bond donors (Lipinski definition) is 2. The van der Waals surface area contributed by atoms with Crippen molar-refractivity contribution in [1.29, 1.82) is 0 Å². The Hall–Kier alpha value is -4.27. The number of amides is 1. The van der Waals surface area contributed by atoms with E-state index in [0.717, 1.165) is 43.4 Å². The van der Waals surface area contributed by atoms with Crippen LogP contribution in [0.2, 0.25) is 0 Å². The zero-order valence-corrected chi connectivity index (χ0v) is 23.5. The summed E-state index contributed by atoms with van der Waals surface area (Å²) in [4.78, 5) is 17.3. The number of nitrogens with zero attached hydrogens (tertiary/aromatic N) is 2. The number of ether oxygens (including phenoxy) is 1. The molecule has 0 fully saturated rings. The average molecular weight is 598 g/mol. The number of hydrogen-bond acceptors (Lipinski definition) is 6. The topological polar surface area (TPSA) is 75.6 Å². The molecule has 0 saturated heterocycles. The van der Waals surface area contributed by atoms with Crippen LogP contribution in [0.1, 0.15) is 27.0 Å². The molecule has 5 aromatic rings. The van der Waals surface area contributed by atoms with Gasteiger partial charge in [-0.3, -0.25) is 4.79 Å². The molecule has 8 heteroatoms. The average Bonchev–Trinajstić information content (AvgIpc) is 3.43. The van der Waals surface area contributed by atoms with Gasteiger partial charge in [-0.2, -0.15) is 5.10 Å². The van der Waals surface area contributed by atoms with Crippen LogP contribution in [0.15, 0.2) is 112 Å². The van der Waals surface area contributed by atoms with Crippen molar-refractivity contribution < 1.29 is 9.53 Å². The van der Waals surface area contributed by atoms with Crippen molar-refractivity contribution >= 4 is 50.2 Å². The molecule has 4 aromatic carbocycles. The molecule has 6 nitrogen and oxygen atoms in total. The molecule has 0 aliphatic heterocycles. The summed E-state index contributed by atoms with van der Waals surface area (Å²) in [6.07, 6.45) is 1.59. The van der Waals surface area contributed by atoms with Crippen LogP contribution >= 0.6 is 27.3 Å². The van der Waals surface area contributed by atoms with Gasteiger partial charge >= 0.3 is 0 Å². The van der Waals surface area contributed by atoms with Crippen molar-refractivity contribution in [3.63, 3.8) is 0 Å². The second-order valence-corrected chi connectivity index (χ2v) is 10.6. The van der Waals surface area contributed by atoms with E-state index in [4.69, 9.17) is 4.74 Å². The number of aryl methyl sites for hydroxylation is 1. The summed E-state index contributed by atoms with van der Waals surface area (Å²) >= 11 is 4.97. The minimum Gasteiger partial charge on any atom is -0.489 e. The lowest BCUT2D eigenvalue weighted by Gasteiger charge is -2.07. The fourth-order valence-corrected chi connectivity index (χ4v) is 4.68. The first kappa shape index (κ1) is 26.3. The number of aromatic nitrogens is 1. The van der Waals surface area contributed by atoms with Gasteiger partial charge in [0.25, 0.3) is 5.91 Å². The van der Waals surface area contributed by atoms with Crippen molar-refractivity contribution in [2.24, 2.45) is 5.10 Å². The largest absolute Gasteiger partial charge is 0.489 e. The Bertz CT molecular complexity index is 1580. The third-order valence-corrected chi connectivity index (χ3v) is 7.09. The van der Waals surface area contributed by atoms with Crippen LogP contribution < -0.4 is 15.5 Å². The summed E-state index contributed by atoms with van der Waals surface area (Å²) in [5, 5.41) is 10.2. The van der Waals surface area contributed by atoms with Crippen molar-refractivity contribution in [3.05, 3.63) is 129 Å². The number of nitrogens with one attached hydrogen (secondary N) is 2. The highest BCUT2D eigenvalue weighted by atomic mass is 79.9. The lowest BCUT2D eigenvalue weighted by molar-refractivity contribution is 0.0955. The Kier molecular flexibility index (Phi) is 8.45. The summed E-state index contributed by atoms with van der Waals surface area (Å²) in [7, 11) is 0. The summed E-state index contributed by atoms with van der Waals surface area (Å²) < 4.78 is 6.91. The molecule has 5 rings (SSSR count). The maximum Gasteiger partial charge on any atom is 0.271 e. The molecule has 194 valence electrons. The zero-order valence-electron chi connectivity index (χ0n) is 21.1. The van der Waals surface area contributed by atoms with Crippen molar-refractivity contribution in [3.8, 4) is 17.0 Å². The van der Waals surface area contributed by atoms with Gasteiger partial charge in [-0.05, 0) is 66.6 Å². The quantitative estimate of drug-likeness (QED) is 0.134. The highest BCUT2D eigenvalue weighted by Gasteiger charge is 2.08. The number of hydrazone groups is 1. The Morgan fingerprint density at radius 2 is 1.77 bits per heavy atom. The standard InChI is InChI=1S/C31H25BrN4O2S/c1-21-5-15-27(16-6-21)34-31-35-29(20-39-31)24-9-11-25(12-10-24)30(37)36-33-18-23-3-2-4-28(17-23)38-19-22-7-13-26(32)14-8-22/h2-18,20H,19H2,1H3,(H,34,35)(H,36,37)/b33-18-. The second-order valence-electron chi connectivity index (χ2n) is 8.79. The predicted molar refractivity (Wildman–Crippen MR) is 162 cm³/mol. The van der Waals surface area contributed by atoms with E-state index < -0.39 is 0 Å². The van der Waals surface area contributed by atoms with E-state index in [1.54, 1.807) is 18.3 Å². The Morgan fingerprint density at radius 1 is 1.00 bits per heavy atom. The number of carbonyl (C=O) groups is 1. The first-order valence-corrected chi connectivity index (χ1v) is 13.9. The molecule has 1 heterocycles. The molecular weight excluding hydrogens is 572 g/mol. The predicted octanol–water partition coefficient (Wildman–Crippen LogP) is 7.97. The molecule has 1 aromatic heterocycles. The highest BCUT2D eigenvalue weighted by molar-refractivity contribution is 9.10. The van der Waals surface area contributed by atoms with E-state index in [1.165, 1.54) is 16.9 Å². The fourth-order valence-electron chi connectivity index (χ4n) is 3.68. The molecule has 0 spiro atoms. The maximum atomic E-state index is 12.6. The van der Waals surface area contributed by atoms with Crippen LogP contribution in [0, 0.1) is 6.92 Å². The van der Waals surface area contributed by atoms with Crippen LogP contribution in [0.25, 0.3) is 11.3 Å². The van der Waals surface area contributed by atoms with E-state index in [1.807, 2.05) is 78.2 Å². The number of anilines is 2. The number of rotatable bonds is 9. The van der Waals surface area contributed by atoms with Gasteiger partial charge in [0.15, 0.2) is 5.13 Å². The summed E-state index contributed by atoms with van der Waals surface area (Å²) in [6, 6.07) is 31.0. The third kappa shape index (κ3) is 7.40. The minimum absolute atomic E-state index is 0.291. The van der Waals surface area contributed by atoms with Gasteiger partial charge in [-0.25, -0.2) is 10.4 Å². The molecule has 0 radical (unpaired) electrons. The van der Waals surface area contributed by atoms with Gasteiger partial charge in [0, 0.05) is 26.7 Å². The van der Waals surface area contributed by atoms with E-state index >= 15 is 0 Å². The third-order valence-electron chi connectivity index (χ3n) is 5.81. The highest BCUT2D eigenvalue weighted by Crippen LogP contribution is 2.27. The van der Waals surface area contributed by atoms with Gasteiger partial charge in [-0.1, -0.05) is 70.0 Å². The molecule has 0 aliphatic carbocycles. The molecule has 0 bridgehead atoms. The normalized spacial score (nSPS) is 10.9. The Labute approximate surface area is 239 Å². The molecule has 2 N–H and O–H groups in total. The first-order valence-electron chi connectivity index (χ1n) is 12.2. The molecular formula is C31H25BrN4O2S. The summed E-state index contributed by atoms with van der Waals surface area (Å²) in [5.41, 5.74) is 8.97. The van der Waals surface area contributed by atoms with E-state index in [0.29, 0.717) is 12.2 Å². The van der Waals surface area contributed by atoms with Gasteiger partial charge < -0.3 is 10.1 Å². The molecule has 39 heavy (non-hydrogen) atoms. The lowest BCUT2D eigenvalue weighted by Crippen LogP contribution is -2.17. The van der Waals surface area contributed by atoms with Crippen LogP contribution in [0.3, 0.4) is 0 Å². The van der Waals surface area contributed by atoms with Crippen LogP contribution in [-0.2, 0) is 6.61 Å². The van der Waals surface area contributed by atoms with Gasteiger partial charge in [0.1, 0.15) is 12.4 Å². The van der Waals surface area contributed by atoms with Gasteiger partial charge in [0.2, 0.25) is 0 Å². The maximum absolute atomic E-state index is 12.6. The SMILES string of the molecule is Cc1ccc(Nc2nc(-c3ccc(C(=O)N/N=C\c4cccc(OCc5ccc(Br)cc5)c4)cc3)cs2)cc1. The number of thiazole rings is 1. The van der Waals surface area contributed by atoms with Gasteiger partial charge in [0.05, 0.1) is 11.9 Å². The Balaban J connectivity index is 1.14. The molecule has 0 atom stereocenters. The minimum atomic E-state index is -0.291. The fraction of sp³-hybridized carbons (Fsp3) is 0.0645. The first-order chi connectivity index (χ1) is 19.0. The van der Waals surface area contributed by atoms with Gasteiger partial charge in [-0.15, -0.1) is 11.3 Å². The van der Waals surface area contributed by atoms with Crippen LogP contribution in [0.4, 0.5) is 10.8 Å². The summed E-state index contributed by atoms with van der Waals surface area (Å²) in [6.45, 7) is 2.52. The monoisotopic (exact) mass is 596 g/mol. The van der Waals surface area contributed by atoms with Crippen molar-refractivity contribution in [2.45, 2.75) is 13.5 Å². The zero-order chi connectivity index (χ0) is 27.0. The van der Waals surface area contributed by atoms with E-state index in [9.17, 15) is 4.79 Å². The smallest absolute Gasteiger partial charge is 0.271 e. The van der Waals surface area contributed by atoms with Crippen LogP contribution in [0.5, 0.6) is 5.75 Å². The van der Waals surface area contributed by atoms with E-state index in [-0.39, 0.29) is 5.91 Å². The molecule has 0 aliphatic rings. The second kappa shape index (κ2) is 12.5. The number of carbonyl (C=O) groups excluding carboxylic acids is 1. The number of benzene rings is 4.